The highest BCUT2D eigenvalue weighted by molar-refractivity contribution is 5.68. The van der Waals surface area contributed by atoms with Gasteiger partial charge in [-0.1, -0.05) is 12.1 Å². The van der Waals surface area contributed by atoms with Crippen LogP contribution in [0.5, 0.6) is 5.75 Å². The highest BCUT2D eigenvalue weighted by atomic mass is 19.3. The summed E-state index contributed by atoms with van der Waals surface area (Å²) in [5.41, 5.74) is 1.38. The molecule has 3 heterocycles. The summed E-state index contributed by atoms with van der Waals surface area (Å²) in [5.74, 6) is 0.496. The van der Waals surface area contributed by atoms with Crippen molar-refractivity contribution < 1.29 is 22.6 Å². The molecular weight excluding hydrogens is 411 g/mol. The smallest absolute Gasteiger partial charge is 0.387 e. The SMILES string of the molecule is CC1COCCN1c1ccc(F)c(Nc2cc(-c3ccc(OC(F)F)cc3)cnn2)n1. The Morgan fingerprint density at radius 1 is 1.16 bits per heavy atom. The number of benzene rings is 1. The predicted molar refractivity (Wildman–Crippen MR) is 109 cm³/mol. The summed E-state index contributed by atoms with van der Waals surface area (Å²) in [7, 11) is 0. The second-order valence-corrected chi connectivity index (χ2v) is 6.97. The largest absolute Gasteiger partial charge is 0.435 e. The summed E-state index contributed by atoms with van der Waals surface area (Å²) >= 11 is 0. The van der Waals surface area contributed by atoms with Gasteiger partial charge < -0.3 is 19.7 Å². The standard InChI is InChI=1S/C21H20F3N5O2/c1-13-12-30-9-8-29(13)19-7-6-17(22)20(27-19)26-18-10-15(11-25-28-18)14-2-4-16(5-3-14)31-21(23)24/h2-7,10-11,13,21H,8-9,12H2,1H3,(H,26,27,28). The first kappa shape index (κ1) is 20.9. The van der Waals surface area contributed by atoms with Crippen LogP contribution in [0, 0.1) is 5.82 Å². The van der Waals surface area contributed by atoms with Crippen LogP contribution in [-0.2, 0) is 4.74 Å². The Morgan fingerprint density at radius 3 is 2.71 bits per heavy atom. The molecule has 4 rings (SSSR count). The summed E-state index contributed by atoms with van der Waals surface area (Å²) in [6.07, 6.45) is 1.52. The molecule has 7 nitrogen and oxygen atoms in total. The van der Waals surface area contributed by atoms with Crippen molar-refractivity contribution in [3.63, 3.8) is 0 Å². The molecule has 1 aromatic carbocycles. The van der Waals surface area contributed by atoms with Crippen LogP contribution >= 0.6 is 0 Å². The van der Waals surface area contributed by atoms with Crippen LogP contribution in [0.2, 0.25) is 0 Å². The molecule has 1 unspecified atom stereocenters. The van der Waals surface area contributed by atoms with E-state index in [2.05, 4.69) is 30.1 Å². The molecule has 10 heteroatoms. The van der Waals surface area contributed by atoms with Crippen molar-refractivity contribution in [3.8, 4) is 16.9 Å². The molecule has 1 aliphatic heterocycles. The Morgan fingerprint density at radius 2 is 1.97 bits per heavy atom. The number of halogens is 3. The van der Waals surface area contributed by atoms with E-state index < -0.39 is 12.4 Å². The van der Waals surface area contributed by atoms with Crippen molar-refractivity contribution in [3.05, 3.63) is 54.5 Å². The number of hydrogen-bond acceptors (Lipinski definition) is 7. The Labute approximate surface area is 176 Å². The van der Waals surface area contributed by atoms with Crippen molar-refractivity contribution in [2.24, 2.45) is 0 Å². The number of hydrogen-bond donors (Lipinski definition) is 1. The van der Waals surface area contributed by atoms with Gasteiger partial charge in [0.25, 0.3) is 0 Å². The number of nitrogens with one attached hydrogen (secondary N) is 1. The summed E-state index contributed by atoms with van der Waals surface area (Å²) in [6, 6.07) is 10.9. The lowest BCUT2D eigenvalue weighted by Crippen LogP contribution is -2.44. The van der Waals surface area contributed by atoms with Gasteiger partial charge in [0.1, 0.15) is 11.6 Å². The van der Waals surface area contributed by atoms with Gasteiger partial charge in [-0.3, -0.25) is 0 Å². The van der Waals surface area contributed by atoms with E-state index in [0.29, 0.717) is 42.5 Å². The molecule has 1 atom stereocenters. The number of ether oxygens (including phenoxy) is 2. The zero-order valence-electron chi connectivity index (χ0n) is 16.6. The van der Waals surface area contributed by atoms with Crippen LogP contribution < -0.4 is 15.0 Å². The normalized spacial score (nSPS) is 16.4. The molecule has 31 heavy (non-hydrogen) atoms. The molecular formula is C21H20F3N5O2. The van der Waals surface area contributed by atoms with E-state index in [9.17, 15) is 13.2 Å². The summed E-state index contributed by atoms with van der Waals surface area (Å²) in [6.45, 7) is 0.962. The van der Waals surface area contributed by atoms with Crippen molar-refractivity contribution in [1.29, 1.82) is 0 Å². The molecule has 0 radical (unpaired) electrons. The molecule has 1 saturated heterocycles. The average Bonchev–Trinajstić information content (AvgIpc) is 2.76. The Bertz CT molecular complexity index is 1040. The number of rotatable bonds is 6. The maximum Gasteiger partial charge on any atom is 0.387 e. The van der Waals surface area contributed by atoms with Gasteiger partial charge in [0.2, 0.25) is 0 Å². The maximum absolute atomic E-state index is 14.4. The summed E-state index contributed by atoms with van der Waals surface area (Å²) in [5, 5.41) is 10.8. The fourth-order valence-electron chi connectivity index (χ4n) is 3.28. The fourth-order valence-corrected chi connectivity index (χ4v) is 3.28. The Kier molecular flexibility index (Phi) is 6.17. The van der Waals surface area contributed by atoms with E-state index in [1.165, 1.54) is 24.4 Å². The number of pyridine rings is 1. The molecule has 162 valence electrons. The van der Waals surface area contributed by atoms with Crippen molar-refractivity contribution in [2.75, 3.05) is 30.0 Å². The molecule has 1 aliphatic rings. The van der Waals surface area contributed by atoms with Crippen LogP contribution in [0.4, 0.5) is 30.6 Å². The third-order valence-corrected chi connectivity index (χ3v) is 4.81. The van der Waals surface area contributed by atoms with E-state index in [1.807, 2.05) is 6.92 Å². The first-order chi connectivity index (χ1) is 15.0. The lowest BCUT2D eigenvalue weighted by Gasteiger charge is -2.34. The van der Waals surface area contributed by atoms with Crippen LogP contribution in [0.1, 0.15) is 6.92 Å². The molecule has 3 aromatic rings. The van der Waals surface area contributed by atoms with Crippen LogP contribution in [0.15, 0.2) is 48.7 Å². The second-order valence-electron chi connectivity index (χ2n) is 6.97. The second kappa shape index (κ2) is 9.17. The van der Waals surface area contributed by atoms with Crippen LogP contribution in [0.3, 0.4) is 0 Å². The van der Waals surface area contributed by atoms with Gasteiger partial charge in [-0.05, 0) is 42.8 Å². The number of alkyl halides is 2. The van der Waals surface area contributed by atoms with E-state index in [4.69, 9.17) is 4.74 Å². The first-order valence-electron chi connectivity index (χ1n) is 9.65. The quantitative estimate of drug-likeness (QED) is 0.626. The monoisotopic (exact) mass is 431 g/mol. The third kappa shape index (κ3) is 5.02. The van der Waals surface area contributed by atoms with Crippen molar-refractivity contribution in [2.45, 2.75) is 19.6 Å². The summed E-state index contributed by atoms with van der Waals surface area (Å²) in [4.78, 5) is 6.47. The number of aromatic nitrogens is 3. The van der Waals surface area contributed by atoms with Gasteiger partial charge in [0, 0.05) is 12.1 Å². The van der Waals surface area contributed by atoms with Gasteiger partial charge in [-0.2, -0.15) is 13.9 Å². The van der Waals surface area contributed by atoms with Crippen molar-refractivity contribution in [1.82, 2.24) is 15.2 Å². The first-order valence-corrected chi connectivity index (χ1v) is 9.65. The van der Waals surface area contributed by atoms with E-state index in [1.54, 1.807) is 24.3 Å². The van der Waals surface area contributed by atoms with Crippen LogP contribution in [-0.4, -0.2) is 47.6 Å². The van der Waals surface area contributed by atoms with Gasteiger partial charge >= 0.3 is 6.61 Å². The zero-order valence-corrected chi connectivity index (χ0v) is 16.6. The Balaban J connectivity index is 1.54. The summed E-state index contributed by atoms with van der Waals surface area (Å²) < 4.78 is 48.8. The molecule has 0 amide bonds. The number of morpholine rings is 1. The van der Waals surface area contributed by atoms with E-state index in [0.717, 1.165) is 0 Å². The number of anilines is 3. The van der Waals surface area contributed by atoms with Gasteiger partial charge in [-0.25, -0.2) is 9.37 Å². The van der Waals surface area contributed by atoms with E-state index in [-0.39, 0.29) is 17.6 Å². The minimum absolute atomic E-state index is 0.0309. The topological polar surface area (TPSA) is 72.4 Å². The fraction of sp³-hybridized carbons (Fsp3) is 0.286. The average molecular weight is 431 g/mol. The Hall–Kier alpha value is -3.40. The van der Waals surface area contributed by atoms with Gasteiger partial charge in [0.05, 0.1) is 25.5 Å². The molecule has 0 spiro atoms. The minimum atomic E-state index is -2.89. The molecule has 0 bridgehead atoms. The predicted octanol–water partition coefficient (Wildman–Crippen LogP) is 4.25. The highest BCUT2D eigenvalue weighted by Gasteiger charge is 2.21. The minimum Gasteiger partial charge on any atom is -0.435 e. The zero-order chi connectivity index (χ0) is 21.8. The van der Waals surface area contributed by atoms with Gasteiger partial charge in [0.15, 0.2) is 17.5 Å². The van der Waals surface area contributed by atoms with Crippen molar-refractivity contribution >= 4 is 17.5 Å². The van der Waals surface area contributed by atoms with Crippen LogP contribution in [0.25, 0.3) is 11.1 Å². The maximum atomic E-state index is 14.4. The highest BCUT2D eigenvalue weighted by Crippen LogP contribution is 2.27. The lowest BCUT2D eigenvalue weighted by atomic mass is 10.1. The third-order valence-electron chi connectivity index (χ3n) is 4.81. The molecule has 1 N–H and O–H groups in total. The molecule has 0 saturated carbocycles. The molecule has 1 fully saturated rings. The van der Waals surface area contributed by atoms with E-state index >= 15 is 0 Å². The number of nitrogens with zero attached hydrogens (tertiary/aromatic N) is 4. The molecule has 0 aliphatic carbocycles. The van der Waals surface area contributed by atoms with Gasteiger partial charge in [-0.15, -0.1) is 5.10 Å². The lowest BCUT2D eigenvalue weighted by molar-refractivity contribution is -0.0498. The molecule has 2 aromatic heterocycles.